The minimum absolute atomic E-state index is 0.0422. The van der Waals surface area contributed by atoms with Crippen LogP contribution in [0.4, 0.5) is 11.4 Å². The van der Waals surface area contributed by atoms with Crippen LogP contribution in [0.2, 0.25) is 0 Å². The van der Waals surface area contributed by atoms with Gasteiger partial charge in [0.1, 0.15) is 5.76 Å². The molecule has 0 aliphatic carbocycles. The van der Waals surface area contributed by atoms with Gasteiger partial charge in [-0.25, -0.2) is 0 Å². The molecule has 0 radical (unpaired) electrons. The van der Waals surface area contributed by atoms with E-state index in [1.54, 1.807) is 25.3 Å². The Morgan fingerprint density at radius 2 is 1.91 bits per heavy atom. The number of para-hydroxylation sites is 1. The molecular formula is C22H19N5O4S. The van der Waals surface area contributed by atoms with E-state index in [0.29, 0.717) is 28.0 Å². The number of thioether (sulfide) groups is 1. The summed E-state index contributed by atoms with van der Waals surface area (Å²) in [4.78, 5) is 23.2. The molecule has 0 bridgehead atoms. The summed E-state index contributed by atoms with van der Waals surface area (Å²) < 4.78 is 7.29. The van der Waals surface area contributed by atoms with E-state index in [1.807, 2.05) is 47.9 Å². The molecule has 0 saturated heterocycles. The lowest BCUT2D eigenvalue weighted by molar-refractivity contribution is -0.385. The summed E-state index contributed by atoms with van der Waals surface area (Å²) in [5.74, 6) is 1.07. The van der Waals surface area contributed by atoms with Gasteiger partial charge < -0.3 is 9.73 Å². The van der Waals surface area contributed by atoms with Crippen LogP contribution in [0.5, 0.6) is 0 Å². The van der Waals surface area contributed by atoms with Gasteiger partial charge in [0.05, 0.1) is 33.8 Å². The molecule has 9 nitrogen and oxygen atoms in total. The summed E-state index contributed by atoms with van der Waals surface area (Å²) in [7, 11) is 0. The maximum Gasteiger partial charge on any atom is 0.274 e. The van der Waals surface area contributed by atoms with Crippen molar-refractivity contribution >= 4 is 29.0 Å². The summed E-state index contributed by atoms with van der Waals surface area (Å²) in [5.41, 5.74) is 2.43. The molecule has 0 atom stereocenters. The number of hydrogen-bond acceptors (Lipinski definition) is 7. The Balaban J connectivity index is 1.57. The number of anilines is 1. The first-order valence-electron chi connectivity index (χ1n) is 9.67. The molecule has 0 spiro atoms. The Labute approximate surface area is 187 Å². The number of hydrogen-bond donors (Lipinski definition) is 1. The van der Waals surface area contributed by atoms with Crippen LogP contribution in [0.1, 0.15) is 11.3 Å². The van der Waals surface area contributed by atoms with Crippen molar-refractivity contribution in [3.8, 4) is 17.1 Å². The van der Waals surface area contributed by atoms with E-state index < -0.39 is 4.92 Å². The van der Waals surface area contributed by atoms with Gasteiger partial charge in [-0.05, 0) is 38.1 Å². The van der Waals surface area contributed by atoms with E-state index in [9.17, 15) is 14.9 Å². The normalized spacial score (nSPS) is 10.8. The number of amides is 1. The summed E-state index contributed by atoms with van der Waals surface area (Å²) in [5, 5.41) is 23.0. The van der Waals surface area contributed by atoms with Crippen molar-refractivity contribution in [1.82, 2.24) is 14.8 Å². The minimum Gasteiger partial charge on any atom is -0.469 e. The molecule has 0 aliphatic heterocycles. The second kappa shape index (κ2) is 9.06. The molecule has 0 fully saturated rings. The van der Waals surface area contributed by atoms with Crippen molar-refractivity contribution in [1.29, 1.82) is 0 Å². The maximum absolute atomic E-state index is 12.6. The molecule has 2 aromatic heterocycles. The number of aromatic nitrogens is 3. The largest absolute Gasteiger partial charge is 0.469 e. The molecule has 162 valence electrons. The first-order chi connectivity index (χ1) is 15.5. The molecule has 10 heteroatoms. The third-order valence-corrected chi connectivity index (χ3v) is 5.78. The van der Waals surface area contributed by atoms with Crippen molar-refractivity contribution in [2.75, 3.05) is 11.1 Å². The van der Waals surface area contributed by atoms with Crippen molar-refractivity contribution in [3.05, 3.63) is 82.3 Å². The Kier molecular flexibility index (Phi) is 6.04. The topological polar surface area (TPSA) is 116 Å². The first-order valence-corrected chi connectivity index (χ1v) is 10.7. The molecule has 1 amide bonds. The van der Waals surface area contributed by atoms with E-state index in [1.165, 1.54) is 17.8 Å². The van der Waals surface area contributed by atoms with Crippen LogP contribution in [0.15, 0.2) is 70.4 Å². The highest BCUT2D eigenvalue weighted by Gasteiger charge is 2.20. The third kappa shape index (κ3) is 4.26. The second-order valence-corrected chi connectivity index (χ2v) is 7.85. The van der Waals surface area contributed by atoms with Gasteiger partial charge in [-0.2, -0.15) is 0 Å². The van der Waals surface area contributed by atoms with Gasteiger partial charge in [0.15, 0.2) is 11.0 Å². The van der Waals surface area contributed by atoms with E-state index in [2.05, 4.69) is 15.5 Å². The number of nitro benzene ring substituents is 1. The highest BCUT2D eigenvalue weighted by atomic mass is 32.2. The fraction of sp³-hybridized carbons (Fsp3) is 0.136. The van der Waals surface area contributed by atoms with Crippen molar-refractivity contribution in [3.63, 3.8) is 0 Å². The molecule has 2 heterocycles. The van der Waals surface area contributed by atoms with Gasteiger partial charge in [0.2, 0.25) is 5.91 Å². The number of rotatable bonds is 7. The summed E-state index contributed by atoms with van der Waals surface area (Å²) in [6.07, 6.45) is 1.59. The standard InChI is InChI=1S/C22H19N5O4S/c1-14-18(9-6-10-19(14)27(29)30)23-20(28)13-32-22-25-24-21(17-11-12-31-15(17)2)26(22)16-7-4-3-5-8-16/h3-12H,13H2,1-2H3,(H,23,28). The fourth-order valence-electron chi connectivity index (χ4n) is 3.24. The van der Waals surface area contributed by atoms with E-state index >= 15 is 0 Å². The van der Waals surface area contributed by atoms with Crippen molar-refractivity contribution in [2.45, 2.75) is 19.0 Å². The molecule has 0 aliphatic rings. The number of carbonyl (C=O) groups excluding carboxylic acids is 1. The van der Waals surface area contributed by atoms with Crippen LogP contribution in [-0.4, -0.2) is 31.3 Å². The number of aryl methyl sites for hydroxylation is 1. The average Bonchev–Trinajstić information content (AvgIpc) is 3.39. The van der Waals surface area contributed by atoms with Crippen LogP contribution in [0.25, 0.3) is 17.1 Å². The molecule has 4 rings (SSSR count). The summed E-state index contributed by atoms with van der Waals surface area (Å²) >= 11 is 1.22. The lowest BCUT2D eigenvalue weighted by Crippen LogP contribution is -2.15. The van der Waals surface area contributed by atoms with E-state index in [0.717, 1.165) is 11.3 Å². The molecule has 4 aromatic rings. The number of furan rings is 1. The van der Waals surface area contributed by atoms with Crippen LogP contribution in [0, 0.1) is 24.0 Å². The average molecular weight is 449 g/mol. The number of nitrogens with one attached hydrogen (secondary N) is 1. The number of benzene rings is 2. The first kappa shape index (κ1) is 21.3. The zero-order valence-corrected chi connectivity index (χ0v) is 18.1. The quantitative estimate of drug-likeness (QED) is 0.245. The van der Waals surface area contributed by atoms with Gasteiger partial charge in [-0.3, -0.25) is 19.5 Å². The highest BCUT2D eigenvalue weighted by molar-refractivity contribution is 7.99. The number of carbonyl (C=O) groups is 1. The lowest BCUT2D eigenvalue weighted by atomic mass is 10.1. The Bertz CT molecular complexity index is 1280. The molecule has 32 heavy (non-hydrogen) atoms. The molecule has 1 N–H and O–H groups in total. The van der Waals surface area contributed by atoms with Gasteiger partial charge in [-0.15, -0.1) is 10.2 Å². The third-order valence-electron chi connectivity index (χ3n) is 4.86. The number of nitrogens with zero attached hydrogens (tertiary/aromatic N) is 4. The lowest BCUT2D eigenvalue weighted by Gasteiger charge is -2.11. The van der Waals surface area contributed by atoms with Crippen LogP contribution in [0.3, 0.4) is 0 Å². The van der Waals surface area contributed by atoms with Gasteiger partial charge in [0.25, 0.3) is 5.69 Å². The smallest absolute Gasteiger partial charge is 0.274 e. The van der Waals surface area contributed by atoms with Crippen LogP contribution >= 0.6 is 11.8 Å². The Hall–Kier alpha value is -3.92. The Morgan fingerprint density at radius 1 is 1.12 bits per heavy atom. The molecule has 0 saturated carbocycles. The van der Waals surface area contributed by atoms with Gasteiger partial charge in [-0.1, -0.05) is 36.0 Å². The zero-order chi connectivity index (χ0) is 22.7. The monoisotopic (exact) mass is 449 g/mol. The van der Waals surface area contributed by atoms with E-state index in [-0.39, 0.29) is 17.3 Å². The summed E-state index contributed by atoms with van der Waals surface area (Å²) in [6.45, 7) is 3.45. The predicted molar refractivity (Wildman–Crippen MR) is 121 cm³/mol. The highest BCUT2D eigenvalue weighted by Crippen LogP contribution is 2.30. The van der Waals surface area contributed by atoms with Gasteiger partial charge >= 0.3 is 0 Å². The maximum atomic E-state index is 12.6. The van der Waals surface area contributed by atoms with Crippen LogP contribution < -0.4 is 5.32 Å². The van der Waals surface area contributed by atoms with E-state index in [4.69, 9.17) is 4.42 Å². The second-order valence-electron chi connectivity index (χ2n) is 6.91. The Morgan fingerprint density at radius 3 is 2.59 bits per heavy atom. The molecular weight excluding hydrogens is 430 g/mol. The summed E-state index contributed by atoms with van der Waals surface area (Å²) in [6, 6.07) is 16.0. The predicted octanol–water partition coefficient (Wildman–Crippen LogP) is 4.78. The van der Waals surface area contributed by atoms with Gasteiger partial charge in [0, 0.05) is 11.8 Å². The number of nitro groups is 1. The van der Waals surface area contributed by atoms with Crippen molar-refractivity contribution in [2.24, 2.45) is 0 Å². The zero-order valence-electron chi connectivity index (χ0n) is 17.3. The molecule has 2 aromatic carbocycles. The minimum atomic E-state index is -0.471. The van der Waals surface area contributed by atoms with Crippen LogP contribution in [-0.2, 0) is 4.79 Å². The molecule has 0 unspecified atom stereocenters. The van der Waals surface area contributed by atoms with Crippen molar-refractivity contribution < 1.29 is 14.1 Å². The fourth-order valence-corrected chi connectivity index (χ4v) is 3.99. The SMILES string of the molecule is Cc1occc1-c1nnc(SCC(=O)Nc2cccc([N+](=O)[O-])c2C)n1-c1ccccc1.